The lowest BCUT2D eigenvalue weighted by Gasteiger charge is -2.13. The molecule has 0 saturated heterocycles. The van der Waals surface area contributed by atoms with E-state index in [0.717, 1.165) is 5.56 Å². The second-order valence-corrected chi connectivity index (χ2v) is 3.03. The third-order valence-electron chi connectivity index (χ3n) is 1.96. The van der Waals surface area contributed by atoms with Crippen molar-refractivity contribution in [2.45, 2.75) is 12.6 Å². The number of rotatable bonds is 1. The van der Waals surface area contributed by atoms with Gasteiger partial charge in [-0.3, -0.25) is 0 Å². The van der Waals surface area contributed by atoms with Crippen molar-refractivity contribution in [1.29, 1.82) is 0 Å². The minimum absolute atomic E-state index is 0.683. The number of nitrogens with zero attached hydrogens (tertiary/aromatic N) is 3. The van der Waals surface area contributed by atoms with Crippen molar-refractivity contribution >= 4 is 6.21 Å². The van der Waals surface area contributed by atoms with Crippen molar-refractivity contribution in [3.8, 4) is 0 Å². The van der Waals surface area contributed by atoms with E-state index >= 15 is 0 Å². The summed E-state index contributed by atoms with van der Waals surface area (Å²) in [4.78, 5) is 0. The molecule has 1 aliphatic heterocycles. The van der Waals surface area contributed by atoms with Gasteiger partial charge in [-0.25, -0.2) is 0 Å². The average molecular weight is 175 g/mol. The molecule has 1 atom stereocenters. The van der Waals surface area contributed by atoms with Gasteiger partial charge in [-0.05, 0) is 12.1 Å². The molecule has 1 aliphatic rings. The van der Waals surface area contributed by atoms with Gasteiger partial charge >= 0.3 is 0 Å². The van der Waals surface area contributed by atoms with Gasteiger partial charge in [-0.1, -0.05) is 29.8 Å². The summed E-state index contributed by atoms with van der Waals surface area (Å²) in [5, 5.41) is 20.4. The van der Waals surface area contributed by atoms with Crippen molar-refractivity contribution < 1.29 is 5.11 Å². The Morgan fingerprint density at radius 3 is 2.46 bits per heavy atom. The van der Waals surface area contributed by atoms with Crippen LogP contribution in [0.5, 0.6) is 0 Å². The molecule has 0 fully saturated rings. The van der Waals surface area contributed by atoms with E-state index in [4.69, 9.17) is 0 Å². The SMILES string of the molecule is Cc1ccc(C2(O)C=NN=N2)cc1. The summed E-state index contributed by atoms with van der Waals surface area (Å²) in [6.07, 6.45) is 1.32. The van der Waals surface area contributed by atoms with Crippen LogP contribution in [0.3, 0.4) is 0 Å². The molecular formula is C9H9N3O. The summed E-state index contributed by atoms with van der Waals surface area (Å²) in [5.41, 5.74) is 0.468. The molecule has 0 spiro atoms. The summed E-state index contributed by atoms with van der Waals surface area (Å²) in [7, 11) is 0. The zero-order chi connectivity index (χ0) is 9.31. The van der Waals surface area contributed by atoms with Gasteiger partial charge in [0.25, 0.3) is 0 Å². The first-order valence-electron chi connectivity index (χ1n) is 3.97. The van der Waals surface area contributed by atoms with Crippen LogP contribution in [0.15, 0.2) is 39.7 Å². The molecule has 1 aromatic rings. The van der Waals surface area contributed by atoms with E-state index < -0.39 is 5.72 Å². The normalized spacial score (nSPS) is 25.4. The van der Waals surface area contributed by atoms with Gasteiger partial charge in [-0.2, -0.15) is 0 Å². The highest BCUT2D eigenvalue weighted by Crippen LogP contribution is 2.24. The van der Waals surface area contributed by atoms with Crippen LogP contribution in [-0.4, -0.2) is 11.3 Å². The minimum Gasteiger partial charge on any atom is -0.360 e. The van der Waals surface area contributed by atoms with Crippen LogP contribution in [0.25, 0.3) is 0 Å². The van der Waals surface area contributed by atoms with Crippen molar-refractivity contribution in [3.63, 3.8) is 0 Å². The van der Waals surface area contributed by atoms with Gasteiger partial charge < -0.3 is 5.11 Å². The van der Waals surface area contributed by atoms with Crippen LogP contribution in [0, 0.1) is 6.92 Å². The van der Waals surface area contributed by atoms with E-state index in [0.29, 0.717) is 5.56 Å². The Morgan fingerprint density at radius 1 is 1.23 bits per heavy atom. The van der Waals surface area contributed by atoms with E-state index in [1.807, 2.05) is 31.2 Å². The maximum Gasteiger partial charge on any atom is 0.242 e. The highest BCUT2D eigenvalue weighted by atomic mass is 16.3. The first-order chi connectivity index (χ1) is 6.21. The van der Waals surface area contributed by atoms with Crippen molar-refractivity contribution in [1.82, 2.24) is 0 Å². The lowest BCUT2D eigenvalue weighted by molar-refractivity contribution is 0.125. The molecule has 0 aromatic heterocycles. The number of aryl methyl sites for hydroxylation is 1. The quantitative estimate of drug-likeness (QED) is 0.692. The largest absolute Gasteiger partial charge is 0.360 e. The lowest BCUT2D eigenvalue weighted by Crippen LogP contribution is -2.21. The standard InChI is InChI=1S/C9H9N3O/c1-7-2-4-8(5-3-7)9(13)6-10-12-11-9/h2-6,13H,1H3. The molecule has 1 unspecified atom stereocenters. The van der Waals surface area contributed by atoms with E-state index in [1.54, 1.807) is 0 Å². The fourth-order valence-electron chi connectivity index (χ4n) is 1.16. The molecule has 66 valence electrons. The molecule has 1 aromatic carbocycles. The molecule has 0 radical (unpaired) electrons. The summed E-state index contributed by atoms with van der Waals surface area (Å²) < 4.78 is 0. The molecule has 0 saturated carbocycles. The van der Waals surface area contributed by atoms with Gasteiger partial charge in [0.2, 0.25) is 5.72 Å². The first kappa shape index (κ1) is 8.07. The van der Waals surface area contributed by atoms with Crippen LogP contribution in [0.1, 0.15) is 11.1 Å². The third-order valence-corrected chi connectivity index (χ3v) is 1.96. The molecule has 1 N–H and O–H groups in total. The van der Waals surface area contributed by atoms with E-state index in [-0.39, 0.29) is 0 Å². The Kier molecular flexibility index (Phi) is 1.70. The second-order valence-electron chi connectivity index (χ2n) is 3.03. The second kappa shape index (κ2) is 2.74. The highest BCUT2D eigenvalue weighted by Gasteiger charge is 2.29. The summed E-state index contributed by atoms with van der Waals surface area (Å²) >= 11 is 0. The highest BCUT2D eigenvalue weighted by molar-refractivity contribution is 5.71. The molecule has 0 aliphatic carbocycles. The Morgan fingerprint density at radius 2 is 1.92 bits per heavy atom. The molecular weight excluding hydrogens is 166 g/mol. The molecule has 2 rings (SSSR count). The Labute approximate surface area is 75.6 Å². The van der Waals surface area contributed by atoms with Crippen LogP contribution in [-0.2, 0) is 5.72 Å². The predicted molar refractivity (Wildman–Crippen MR) is 48.4 cm³/mol. The zero-order valence-electron chi connectivity index (χ0n) is 7.18. The van der Waals surface area contributed by atoms with E-state index in [2.05, 4.69) is 15.4 Å². The monoisotopic (exact) mass is 175 g/mol. The van der Waals surface area contributed by atoms with Crippen molar-refractivity contribution in [2.24, 2.45) is 15.4 Å². The first-order valence-corrected chi connectivity index (χ1v) is 3.97. The fourth-order valence-corrected chi connectivity index (χ4v) is 1.16. The van der Waals surface area contributed by atoms with Crippen molar-refractivity contribution in [2.75, 3.05) is 0 Å². The van der Waals surface area contributed by atoms with Crippen LogP contribution in [0.4, 0.5) is 0 Å². The summed E-state index contributed by atoms with van der Waals surface area (Å²) in [5.74, 6) is 0. The minimum atomic E-state index is -1.35. The maximum atomic E-state index is 9.84. The Hall–Kier alpha value is -1.55. The number of benzene rings is 1. The Balaban J connectivity index is 2.41. The van der Waals surface area contributed by atoms with E-state index in [9.17, 15) is 5.11 Å². The number of hydrogen-bond acceptors (Lipinski definition) is 4. The third kappa shape index (κ3) is 1.36. The lowest BCUT2D eigenvalue weighted by atomic mass is 10.0. The zero-order valence-corrected chi connectivity index (χ0v) is 7.18. The number of aliphatic hydroxyl groups is 1. The van der Waals surface area contributed by atoms with Gasteiger partial charge in [0.1, 0.15) is 0 Å². The fraction of sp³-hybridized carbons (Fsp3) is 0.222. The average Bonchev–Trinajstić information content (AvgIpc) is 2.54. The van der Waals surface area contributed by atoms with Gasteiger partial charge in [0.15, 0.2) is 0 Å². The molecule has 0 amide bonds. The van der Waals surface area contributed by atoms with E-state index in [1.165, 1.54) is 6.21 Å². The smallest absolute Gasteiger partial charge is 0.242 e. The van der Waals surface area contributed by atoms with Gasteiger partial charge in [0, 0.05) is 5.56 Å². The summed E-state index contributed by atoms with van der Waals surface area (Å²) in [6, 6.07) is 7.45. The van der Waals surface area contributed by atoms with Gasteiger partial charge in [-0.15, -0.1) is 10.2 Å². The predicted octanol–water partition coefficient (Wildman–Crippen LogP) is 1.59. The molecule has 4 nitrogen and oxygen atoms in total. The molecule has 1 heterocycles. The maximum absolute atomic E-state index is 9.84. The number of hydrogen-bond donors (Lipinski definition) is 1. The topological polar surface area (TPSA) is 57.3 Å². The van der Waals surface area contributed by atoms with Gasteiger partial charge in [0.05, 0.1) is 6.21 Å². The molecule has 13 heavy (non-hydrogen) atoms. The molecule has 0 bridgehead atoms. The summed E-state index contributed by atoms with van der Waals surface area (Å²) in [6.45, 7) is 1.98. The van der Waals surface area contributed by atoms with Crippen molar-refractivity contribution in [3.05, 3.63) is 35.4 Å². The van der Waals surface area contributed by atoms with Crippen LogP contribution < -0.4 is 0 Å². The molecule has 4 heteroatoms. The van der Waals surface area contributed by atoms with Crippen LogP contribution >= 0.6 is 0 Å². The van der Waals surface area contributed by atoms with Crippen LogP contribution in [0.2, 0.25) is 0 Å². The Bertz CT molecular complexity index is 355.